The van der Waals surface area contributed by atoms with Crippen LogP contribution in [-0.2, 0) is 9.31 Å². The van der Waals surface area contributed by atoms with Gasteiger partial charge in [-0.15, -0.1) is 0 Å². The van der Waals surface area contributed by atoms with Crippen LogP contribution in [-0.4, -0.2) is 25.0 Å². The number of para-hydroxylation sites is 1. The van der Waals surface area contributed by atoms with Crippen LogP contribution in [0.4, 0.5) is 0 Å². The van der Waals surface area contributed by atoms with Crippen LogP contribution in [0.3, 0.4) is 0 Å². The highest BCUT2D eigenvalue weighted by atomic mass is 16.7. The van der Waals surface area contributed by atoms with Gasteiger partial charge in [-0.2, -0.15) is 0 Å². The summed E-state index contributed by atoms with van der Waals surface area (Å²) in [5.41, 5.74) is 3.58. The van der Waals surface area contributed by atoms with Gasteiger partial charge in [0.1, 0.15) is 23.0 Å². The fourth-order valence-corrected chi connectivity index (χ4v) is 4.52. The average Bonchev–Trinajstić information content (AvgIpc) is 2.94. The maximum Gasteiger partial charge on any atom is 0.494 e. The van der Waals surface area contributed by atoms with Crippen molar-refractivity contribution in [2.45, 2.75) is 38.9 Å². The second-order valence-corrected chi connectivity index (χ2v) is 9.23. The third-order valence-corrected chi connectivity index (χ3v) is 6.86. The maximum absolute atomic E-state index is 6.35. The number of fused-ring (bicyclic) bond motifs is 4. The van der Waals surface area contributed by atoms with Crippen molar-refractivity contribution in [2.24, 2.45) is 0 Å². The van der Waals surface area contributed by atoms with Crippen LogP contribution >= 0.6 is 0 Å². The van der Waals surface area contributed by atoms with Crippen molar-refractivity contribution in [2.75, 3.05) is 0 Å². The first-order valence-corrected chi connectivity index (χ1v) is 10.4. The maximum atomic E-state index is 6.35. The molecule has 0 N–H and O–H groups in total. The minimum absolute atomic E-state index is 0.0808. The topological polar surface area (TPSA) is 36.9 Å². The molecule has 0 aromatic heterocycles. The van der Waals surface area contributed by atoms with Crippen molar-refractivity contribution < 1.29 is 18.8 Å². The molecular formula is C24H22B2O4. The largest absolute Gasteiger partial charge is 0.494 e. The minimum atomic E-state index is -0.418. The Labute approximate surface area is 177 Å². The van der Waals surface area contributed by atoms with Crippen molar-refractivity contribution in [3.8, 4) is 23.0 Å². The second-order valence-electron chi connectivity index (χ2n) is 9.23. The Morgan fingerprint density at radius 2 is 1.23 bits per heavy atom. The fourth-order valence-electron chi connectivity index (χ4n) is 4.52. The molecule has 3 heterocycles. The standard InChI is InChI=1S/C24H22B2O4/c1-23(2)24(3,4)30-26(29-23)15-12-13-17-21(14-15)28-20-11-7-10-19-22(20)25(17)16-8-5-6-9-18(16)27-19/h5-14H,1-4H3. The fraction of sp³-hybridized carbons (Fsp3) is 0.250. The molecule has 0 unspecified atom stereocenters. The Hall–Kier alpha value is -2.69. The zero-order valence-corrected chi connectivity index (χ0v) is 17.6. The summed E-state index contributed by atoms with van der Waals surface area (Å²) in [6.07, 6.45) is 0. The van der Waals surface area contributed by atoms with Crippen LogP contribution in [0.1, 0.15) is 27.7 Å². The van der Waals surface area contributed by atoms with Gasteiger partial charge in [0.25, 0.3) is 6.71 Å². The van der Waals surface area contributed by atoms with Gasteiger partial charge in [-0.3, -0.25) is 0 Å². The molecular weight excluding hydrogens is 374 g/mol. The van der Waals surface area contributed by atoms with Gasteiger partial charge in [0.2, 0.25) is 0 Å². The first-order chi connectivity index (χ1) is 14.3. The molecule has 3 aromatic carbocycles. The molecule has 0 saturated carbocycles. The van der Waals surface area contributed by atoms with E-state index in [1.165, 1.54) is 0 Å². The van der Waals surface area contributed by atoms with E-state index in [0.717, 1.165) is 44.8 Å². The summed E-state index contributed by atoms with van der Waals surface area (Å²) in [6.45, 7) is 8.35. The van der Waals surface area contributed by atoms with E-state index in [0.29, 0.717) is 0 Å². The van der Waals surface area contributed by atoms with Crippen molar-refractivity contribution in [1.82, 2.24) is 0 Å². The first kappa shape index (κ1) is 18.1. The average molecular weight is 396 g/mol. The number of benzene rings is 3. The van der Waals surface area contributed by atoms with Crippen molar-refractivity contribution >= 4 is 35.7 Å². The van der Waals surface area contributed by atoms with E-state index >= 15 is 0 Å². The first-order valence-electron chi connectivity index (χ1n) is 10.4. The van der Waals surface area contributed by atoms with E-state index in [-0.39, 0.29) is 17.9 Å². The molecule has 3 aromatic rings. The van der Waals surface area contributed by atoms with E-state index in [9.17, 15) is 0 Å². The van der Waals surface area contributed by atoms with Gasteiger partial charge < -0.3 is 18.8 Å². The molecule has 148 valence electrons. The molecule has 0 atom stereocenters. The van der Waals surface area contributed by atoms with Gasteiger partial charge in [-0.05, 0) is 68.3 Å². The highest BCUT2D eigenvalue weighted by molar-refractivity contribution is 6.98. The van der Waals surface area contributed by atoms with E-state index in [4.69, 9.17) is 18.8 Å². The van der Waals surface area contributed by atoms with Crippen LogP contribution in [0.25, 0.3) is 0 Å². The second kappa shape index (κ2) is 5.93. The Balaban J connectivity index is 1.47. The van der Waals surface area contributed by atoms with Gasteiger partial charge >= 0.3 is 7.12 Å². The number of hydrogen-bond donors (Lipinski definition) is 0. The molecule has 6 heteroatoms. The van der Waals surface area contributed by atoms with Crippen LogP contribution in [0.5, 0.6) is 23.0 Å². The van der Waals surface area contributed by atoms with Gasteiger partial charge in [-0.25, -0.2) is 0 Å². The Bertz CT molecular complexity index is 1170. The normalized spacial score (nSPS) is 19.3. The molecule has 0 spiro atoms. The van der Waals surface area contributed by atoms with E-state index in [1.54, 1.807) is 0 Å². The lowest BCUT2D eigenvalue weighted by molar-refractivity contribution is 0.00578. The lowest BCUT2D eigenvalue weighted by atomic mass is 9.35. The van der Waals surface area contributed by atoms with Crippen LogP contribution in [0.2, 0.25) is 0 Å². The highest BCUT2D eigenvalue weighted by Gasteiger charge is 2.52. The Kier molecular flexibility index (Phi) is 3.58. The molecule has 6 rings (SSSR count). The summed E-state index contributed by atoms with van der Waals surface area (Å²) in [6, 6.07) is 20.5. The molecule has 1 fully saturated rings. The van der Waals surface area contributed by atoms with Crippen LogP contribution < -0.4 is 31.3 Å². The summed E-state index contributed by atoms with van der Waals surface area (Å²) in [5, 5.41) is 0. The monoisotopic (exact) mass is 396 g/mol. The lowest BCUT2D eigenvalue weighted by Gasteiger charge is -2.33. The predicted octanol–water partition coefficient (Wildman–Crippen LogP) is 2.71. The quantitative estimate of drug-likeness (QED) is 0.409. The van der Waals surface area contributed by atoms with E-state index < -0.39 is 7.12 Å². The zero-order chi connectivity index (χ0) is 20.7. The number of ether oxygens (including phenoxy) is 2. The minimum Gasteiger partial charge on any atom is -0.458 e. The Morgan fingerprint density at radius 3 is 1.97 bits per heavy atom. The molecule has 0 bridgehead atoms. The van der Waals surface area contributed by atoms with Gasteiger partial charge in [0.15, 0.2) is 0 Å². The summed E-state index contributed by atoms with van der Waals surface area (Å²) < 4.78 is 25.0. The summed E-state index contributed by atoms with van der Waals surface area (Å²) >= 11 is 0. The molecule has 3 aliphatic heterocycles. The number of hydrogen-bond acceptors (Lipinski definition) is 4. The van der Waals surface area contributed by atoms with E-state index in [2.05, 4.69) is 58.0 Å². The predicted molar refractivity (Wildman–Crippen MR) is 120 cm³/mol. The molecule has 3 aliphatic rings. The van der Waals surface area contributed by atoms with Crippen molar-refractivity contribution in [3.63, 3.8) is 0 Å². The summed E-state index contributed by atoms with van der Waals surface area (Å²) in [5.74, 6) is 3.44. The Morgan fingerprint density at radius 1 is 0.633 bits per heavy atom. The van der Waals surface area contributed by atoms with Crippen molar-refractivity contribution in [1.29, 1.82) is 0 Å². The third kappa shape index (κ3) is 2.44. The van der Waals surface area contributed by atoms with Gasteiger partial charge in [-0.1, -0.05) is 36.4 Å². The highest BCUT2D eigenvalue weighted by Crippen LogP contribution is 2.37. The molecule has 0 radical (unpaired) electrons. The third-order valence-electron chi connectivity index (χ3n) is 6.86. The van der Waals surface area contributed by atoms with E-state index in [1.807, 2.05) is 30.3 Å². The van der Waals surface area contributed by atoms with Crippen LogP contribution in [0, 0.1) is 0 Å². The van der Waals surface area contributed by atoms with Gasteiger partial charge in [0.05, 0.1) is 11.2 Å². The summed E-state index contributed by atoms with van der Waals surface area (Å²) in [7, 11) is -0.418. The van der Waals surface area contributed by atoms with Crippen LogP contribution in [0.15, 0.2) is 60.7 Å². The van der Waals surface area contributed by atoms with Gasteiger partial charge in [0, 0.05) is 5.46 Å². The SMILES string of the molecule is CC1(C)OB(c2ccc3c(c2)Oc2cccc4c2B3c2ccccc2O4)OC1(C)C. The number of rotatable bonds is 1. The zero-order valence-electron chi connectivity index (χ0n) is 17.6. The van der Waals surface area contributed by atoms with Crippen molar-refractivity contribution in [3.05, 3.63) is 60.7 Å². The molecule has 4 nitrogen and oxygen atoms in total. The summed E-state index contributed by atoms with van der Waals surface area (Å²) in [4.78, 5) is 0. The molecule has 1 saturated heterocycles. The smallest absolute Gasteiger partial charge is 0.458 e. The lowest BCUT2D eigenvalue weighted by Crippen LogP contribution is -2.57. The molecule has 30 heavy (non-hydrogen) atoms. The molecule has 0 aliphatic carbocycles. The molecule has 0 amide bonds.